The van der Waals surface area contributed by atoms with Crippen LogP contribution in [-0.4, -0.2) is 53.8 Å². The van der Waals surface area contributed by atoms with Crippen LogP contribution in [0.25, 0.3) is 0 Å². The first kappa shape index (κ1) is 17.0. The molecule has 7 nitrogen and oxygen atoms in total. The van der Waals surface area contributed by atoms with E-state index in [2.05, 4.69) is 10.4 Å². The van der Waals surface area contributed by atoms with E-state index in [1.54, 1.807) is 11.6 Å². The summed E-state index contributed by atoms with van der Waals surface area (Å²) < 4.78 is 26.4. The Hall–Kier alpha value is -1.41. The average Bonchev–Trinajstić information content (AvgIpc) is 2.76. The van der Waals surface area contributed by atoms with Gasteiger partial charge < -0.3 is 5.32 Å². The van der Waals surface area contributed by atoms with Crippen LogP contribution >= 0.6 is 0 Å². The van der Waals surface area contributed by atoms with E-state index in [9.17, 15) is 13.2 Å². The zero-order valence-corrected chi connectivity index (χ0v) is 14.4. The van der Waals surface area contributed by atoms with Gasteiger partial charge in [-0.05, 0) is 39.7 Å². The van der Waals surface area contributed by atoms with E-state index in [4.69, 9.17) is 0 Å². The second-order valence-corrected chi connectivity index (χ2v) is 8.00. The molecule has 1 aromatic heterocycles. The number of hydrogen-bond acceptors (Lipinski definition) is 4. The highest BCUT2D eigenvalue weighted by molar-refractivity contribution is 7.88. The maximum absolute atomic E-state index is 12.4. The largest absolute Gasteiger partial charge is 0.350 e. The number of rotatable bonds is 4. The van der Waals surface area contributed by atoms with Crippen LogP contribution in [-0.2, 0) is 14.8 Å². The predicted octanol–water partition coefficient (Wildman–Crippen LogP) is 0.601. The molecule has 1 amide bonds. The highest BCUT2D eigenvalue weighted by atomic mass is 32.2. The average molecular weight is 328 g/mol. The van der Waals surface area contributed by atoms with Crippen molar-refractivity contribution in [2.45, 2.75) is 45.7 Å². The Morgan fingerprint density at radius 1 is 1.45 bits per heavy atom. The van der Waals surface area contributed by atoms with Crippen LogP contribution in [0.5, 0.6) is 0 Å². The Labute approximate surface area is 131 Å². The van der Waals surface area contributed by atoms with Crippen LogP contribution < -0.4 is 5.32 Å². The predicted molar refractivity (Wildman–Crippen MR) is 84.0 cm³/mol. The van der Waals surface area contributed by atoms with Crippen molar-refractivity contribution in [3.8, 4) is 0 Å². The summed E-state index contributed by atoms with van der Waals surface area (Å²) in [5, 5.41) is 7.28. The normalized spacial score (nSPS) is 21.5. The van der Waals surface area contributed by atoms with Gasteiger partial charge >= 0.3 is 0 Å². The standard InChI is InChI=1S/C14H24N4O3S/c1-10-8-11(2)18(16-10)12(3)14(19)15-13-6-5-7-17(9-13)22(4,20)21/h8,12-13H,5-7,9H2,1-4H3,(H,15,19). The first-order valence-corrected chi connectivity index (χ1v) is 9.31. The Morgan fingerprint density at radius 2 is 2.14 bits per heavy atom. The van der Waals surface area contributed by atoms with Crippen molar-refractivity contribution in [2.24, 2.45) is 0 Å². The summed E-state index contributed by atoms with van der Waals surface area (Å²) in [7, 11) is -3.21. The Kier molecular flexibility index (Phi) is 4.91. The minimum absolute atomic E-state index is 0.133. The van der Waals surface area contributed by atoms with Crippen LogP contribution in [0.4, 0.5) is 0 Å². The number of aromatic nitrogens is 2. The lowest BCUT2D eigenvalue weighted by Gasteiger charge is -2.32. The SMILES string of the molecule is Cc1cc(C)n(C(C)C(=O)NC2CCCN(S(C)(=O)=O)C2)n1. The zero-order chi connectivity index (χ0) is 16.5. The van der Waals surface area contributed by atoms with Gasteiger partial charge in [0, 0.05) is 24.8 Å². The van der Waals surface area contributed by atoms with Crippen LogP contribution in [0, 0.1) is 13.8 Å². The molecule has 1 aliphatic heterocycles. The number of aryl methyl sites for hydroxylation is 2. The van der Waals surface area contributed by atoms with Gasteiger partial charge in [-0.2, -0.15) is 5.10 Å². The molecule has 8 heteroatoms. The number of hydrogen-bond donors (Lipinski definition) is 1. The third-order valence-electron chi connectivity index (χ3n) is 3.99. The van der Waals surface area contributed by atoms with Gasteiger partial charge in [0.1, 0.15) is 6.04 Å². The number of amides is 1. The van der Waals surface area contributed by atoms with Gasteiger partial charge in [0.2, 0.25) is 15.9 Å². The summed E-state index contributed by atoms with van der Waals surface area (Å²) in [4.78, 5) is 12.4. The van der Waals surface area contributed by atoms with Gasteiger partial charge in [0.15, 0.2) is 0 Å². The van der Waals surface area contributed by atoms with Gasteiger partial charge in [-0.25, -0.2) is 12.7 Å². The van der Waals surface area contributed by atoms with Crippen molar-refractivity contribution >= 4 is 15.9 Å². The Balaban J connectivity index is 2.01. The van der Waals surface area contributed by atoms with Crippen LogP contribution in [0.3, 0.4) is 0 Å². The molecule has 1 fully saturated rings. The molecule has 0 radical (unpaired) electrons. The summed E-state index contributed by atoms with van der Waals surface area (Å²) in [5.41, 5.74) is 1.81. The van der Waals surface area contributed by atoms with E-state index in [-0.39, 0.29) is 11.9 Å². The van der Waals surface area contributed by atoms with E-state index in [1.165, 1.54) is 10.6 Å². The topological polar surface area (TPSA) is 84.3 Å². The number of nitrogens with zero attached hydrogens (tertiary/aromatic N) is 3. The van der Waals surface area contributed by atoms with Gasteiger partial charge in [-0.1, -0.05) is 0 Å². The first-order valence-electron chi connectivity index (χ1n) is 7.46. The maximum atomic E-state index is 12.4. The third kappa shape index (κ3) is 3.86. The molecule has 0 aromatic carbocycles. The molecule has 1 aliphatic rings. The van der Waals surface area contributed by atoms with E-state index in [1.807, 2.05) is 19.9 Å². The zero-order valence-electron chi connectivity index (χ0n) is 13.5. The van der Waals surface area contributed by atoms with Crippen molar-refractivity contribution in [1.29, 1.82) is 0 Å². The van der Waals surface area contributed by atoms with Crippen molar-refractivity contribution in [3.63, 3.8) is 0 Å². The van der Waals surface area contributed by atoms with Gasteiger partial charge in [0.05, 0.1) is 11.9 Å². The van der Waals surface area contributed by atoms with Crippen LogP contribution in [0.1, 0.15) is 37.2 Å². The monoisotopic (exact) mass is 328 g/mol. The fourth-order valence-electron chi connectivity index (χ4n) is 2.83. The molecule has 2 heterocycles. The number of carbonyl (C=O) groups is 1. The number of carbonyl (C=O) groups excluding carboxylic acids is 1. The third-order valence-corrected chi connectivity index (χ3v) is 5.26. The number of piperidine rings is 1. The van der Waals surface area contributed by atoms with Gasteiger partial charge in [0.25, 0.3) is 0 Å². The highest BCUT2D eigenvalue weighted by Crippen LogP contribution is 2.15. The van der Waals surface area contributed by atoms with Crippen molar-refractivity contribution < 1.29 is 13.2 Å². The smallest absolute Gasteiger partial charge is 0.244 e. The van der Waals surface area contributed by atoms with E-state index >= 15 is 0 Å². The Morgan fingerprint density at radius 3 is 2.68 bits per heavy atom. The molecule has 2 unspecified atom stereocenters. The lowest BCUT2D eigenvalue weighted by atomic mass is 10.1. The lowest BCUT2D eigenvalue weighted by Crippen LogP contribution is -2.50. The molecule has 0 bridgehead atoms. The van der Waals surface area contributed by atoms with Crippen molar-refractivity contribution in [3.05, 3.63) is 17.5 Å². The number of nitrogens with one attached hydrogen (secondary N) is 1. The molecule has 2 rings (SSSR count). The molecular formula is C14H24N4O3S. The van der Waals surface area contributed by atoms with E-state index < -0.39 is 16.1 Å². The van der Waals surface area contributed by atoms with Crippen LogP contribution in [0.2, 0.25) is 0 Å². The molecular weight excluding hydrogens is 304 g/mol. The molecule has 0 saturated carbocycles. The molecule has 1 N–H and O–H groups in total. The van der Waals surface area contributed by atoms with Gasteiger partial charge in [-0.15, -0.1) is 0 Å². The fourth-order valence-corrected chi connectivity index (χ4v) is 3.74. The lowest BCUT2D eigenvalue weighted by molar-refractivity contribution is -0.125. The molecule has 2 atom stereocenters. The summed E-state index contributed by atoms with van der Waals surface area (Å²) in [6.45, 7) is 6.47. The summed E-state index contributed by atoms with van der Waals surface area (Å²) in [6.07, 6.45) is 2.75. The minimum Gasteiger partial charge on any atom is -0.350 e. The van der Waals surface area contributed by atoms with Crippen molar-refractivity contribution in [1.82, 2.24) is 19.4 Å². The molecule has 1 aromatic rings. The molecule has 124 valence electrons. The second-order valence-electron chi connectivity index (χ2n) is 6.02. The molecule has 0 spiro atoms. The highest BCUT2D eigenvalue weighted by Gasteiger charge is 2.28. The van der Waals surface area contributed by atoms with Gasteiger partial charge in [-0.3, -0.25) is 9.48 Å². The summed E-state index contributed by atoms with van der Waals surface area (Å²) in [5.74, 6) is -0.133. The maximum Gasteiger partial charge on any atom is 0.244 e. The molecule has 22 heavy (non-hydrogen) atoms. The first-order chi connectivity index (χ1) is 10.2. The van der Waals surface area contributed by atoms with Crippen molar-refractivity contribution in [2.75, 3.05) is 19.3 Å². The molecule has 0 aliphatic carbocycles. The van der Waals surface area contributed by atoms with Crippen LogP contribution in [0.15, 0.2) is 6.07 Å². The number of sulfonamides is 1. The van der Waals surface area contributed by atoms with E-state index in [0.717, 1.165) is 24.2 Å². The van der Waals surface area contributed by atoms with E-state index in [0.29, 0.717) is 13.1 Å². The fraction of sp³-hybridized carbons (Fsp3) is 0.714. The Bertz CT molecular complexity index is 653. The second kappa shape index (κ2) is 6.37. The quantitative estimate of drug-likeness (QED) is 0.877. The summed E-state index contributed by atoms with van der Waals surface area (Å²) >= 11 is 0. The summed E-state index contributed by atoms with van der Waals surface area (Å²) in [6, 6.07) is 1.37. The molecule has 1 saturated heterocycles. The minimum atomic E-state index is -3.21.